The number of fused-ring (bicyclic) bond motifs is 6. The fraction of sp³-hybridized carbons (Fsp3) is 0.102. The Morgan fingerprint density at radius 1 is 0.453 bits per heavy atom. The van der Waals surface area contributed by atoms with Crippen molar-refractivity contribution < 1.29 is 0 Å². The van der Waals surface area contributed by atoms with Crippen molar-refractivity contribution in [3.05, 3.63) is 193 Å². The highest BCUT2D eigenvalue weighted by Gasteiger charge is 2.17. The second-order valence-corrected chi connectivity index (χ2v) is 13.1. The molecular weight excluding hydrogens is 645 g/mol. The van der Waals surface area contributed by atoms with Crippen molar-refractivity contribution in [3.63, 3.8) is 0 Å². The normalized spacial score (nSPS) is 12.7. The van der Waals surface area contributed by atoms with E-state index in [1.165, 1.54) is 38.1 Å². The van der Waals surface area contributed by atoms with Gasteiger partial charge in [-0.1, -0.05) is 123 Å². The molecule has 0 aliphatic heterocycles. The number of nitrogens with zero attached hydrogens (tertiary/aromatic N) is 4. The zero-order chi connectivity index (χ0) is 36.3. The highest BCUT2D eigenvalue weighted by Crippen LogP contribution is 2.36. The molecule has 0 spiro atoms. The average molecular weight is 687 g/mol. The predicted molar refractivity (Wildman–Crippen MR) is 227 cm³/mol. The van der Waals surface area contributed by atoms with Gasteiger partial charge in [0.15, 0.2) is 5.84 Å². The van der Waals surface area contributed by atoms with E-state index in [9.17, 15) is 0 Å². The van der Waals surface area contributed by atoms with E-state index in [4.69, 9.17) is 9.98 Å². The summed E-state index contributed by atoms with van der Waals surface area (Å²) in [6, 6.07) is 62.1. The number of aliphatic imine (C=N–C) groups is 2. The third-order valence-corrected chi connectivity index (χ3v) is 9.92. The lowest BCUT2D eigenvalue weighted by Crippen LogP contribution is -2.06. The minimum atomic E-state index is -0.142. The first-order valence-corrected chi connectivity index (χ1v) is 18.5. The van der Waals surface area contributed by atoms with Crippen LogP contribution in [-0.2, 0) is 0 Å². The minimum absolute atomic E-state index is 0.142. The van der Waals surface area contributed by atoms with Gasteiger partial charge in [-0.05, 0) is 91.7 Å². The van der Waals surface area contributed by atoms with Crippen LogP contribution in [0, 0.1) is 0 Å². The Balaban J connectivity index is 0.00000197. The Morgan fingerprint density at radius 3 is 1.47 bits per heavy atom. The van der Waals surface area contributed by atoms with Gasteiger partial charge in [-0.15, -0.1) is 0 Å². The number of hydrogen-bond donors (Lipinski definition) is 0. The van der Waals surface area contributed by atoms with Crippen LogP contribution in [0.5, 0.6) is 0 Å². The van der Waals surface area contributed by atoms with Crippen LogP contribution in [0.3, 0.4) is 0 Å². The van der Waals surface area contributed by atoms with Crippen molar-refractivity contribution in [2.24, 2.45) is 9.98 Å². The fourth-order valence-electron chi connectivity index (χ4n) is 7.40. The summed E-state index contributed by atoms with van der Waals surface area (Å²) in [4.78, 5) is 10.6. The molecule has 0 aliphatic carbocycles. The average Bonchev–Trinajstić information content (AvgIpc) is 3.74. The maximum Gasteiger partial charge on any atom is 0.155 e. The van der Waals surface area contributed by atoms with Crippen LogP contribution in [0.1, 0.15) is 50.4 Å². The Bertz CT molecular complexity index is 2750. The summed E-state index contributed by atoms with van der Waals surface area (Å²) in [6.45, 7) is 8.24. The smallest absolute Gasteiger partial charge is 0.155 e. The van der Waals surface area contributed by atoms with Crippen LogP contribution >= 0.6 is 0 Å². The van der Waals surface area contributed by atoms with Gasteiger partial charge in [-0.25, -0.2) is 4.99 Å². The van der Waals surface area contributed by atoms with Gasteiger partial charge in [-0.2, -0.15) is 0 Å². The third kappa shape index (κ3) is 6.23. The van der Waals surface area contributed by atoms with Crippen LogP contribution in [0.25, 0.3) is 55.0 Å². The molecule has 1 atom stereocenters. The summed E-state index contributed by atoms with van der Waals surface area (Å²) >= 11 is 0. The molecule has 0 radical (unpaired) electrons. The first-order valence-electron chi connectivity index (χ1n) is 18.5. The topological polar surface area (TPSA) is 34.6 Å². The first kappa shape index (κ1) is 33.6. The SMILES string of the molecule is CC.CC(=NC(=NC(C)c1ccc2c(c1)c1ccccc1n2-c1ccccc1)c1ccc2c(c1)c1ccccc1n2-c1ccccc1)c1ccccc1. The summed E-state index contributed by atoms with van der Waals surface area (Å²) < 4.78 is 4.69. The zero-order valence-corrected chi connectivity index (χ0v) is 30.6. The molecule has 2 aromatic heterocycles. The number of aromatic nitrogens is 2. The van der Waals surface area contributed by atoms with Crippen molar-refractivity contribution in [1.29, 1.82) is 0 Å². The van der Waals surface area contributed by atoms with Crippen molar-refractivity contribution in [2.45, 2.75) is 33.7 Å². The molecule has 9 aromatic rings. The fourth-order valence-corrected chi connectivity index (χ4v) is 7.40. The highest BCUT2D eigenvalue weighted by molar-refractivity contribution is 6.16. The van der Waals surface area contributed by atoms with Crippen LogP contribution in [0.4, 0.5) is 0 Å². The maximum atomic E-state index is 5.40. The van der Waals surface area contributed by atoms with E-state index in [0.29, 0.717) is 5.84 Å². The summed E-state index contributed by atoms with van der Waals surface area (Å²) in [5.74, 6) is 0.717. The maximum absolute atomic E-state index is 5.40. The number of para-hydroxylation sites is 4. The Labute approximate surface area is 311 Å². The summed E-state index contributed by atoms with van der Waals surface area (Å²) in [5.41, 5.74) is 11.1. The van der Waals surface area contributed by atoms with Gasteiger partial charge in [0.2, 0.25) is 0 Å². The van der Waals surface area contributed by atoms with Gasteiger partial charge >= 0.3 is 0 Å². The molecule has 2 heterocycles. The summed E-state index contributed by atoms with van der Waals surface area (Å²) in [5, 5.41) is 4.83. The predicted octanol–water partition coefficient (Wildman–Crippen LogP) is 12.9. The van der Waals surface area contributed by atoms with Crippen LogP contribution in [0.2, 0.25) is 0 Å². The van der Waals surface area contributed by atoms with E-state index in [0.717, 1.165) is 39.3 Å². The lowest BCUT2D eigenvalue weighted by Gasteiger charge is -2.12. The van der Waals surface area contributed by atoms with Crippen molar-refractivity contribution in [3.8, 4) is 11.4 Å². The van der Waals surface area contributed by atoms with Gasteiger partial charge in [0.05, 0.1) is 28.1 Å². The van der Waals surface area contributed by atoms with E-state index < -0.39 is 0 Å². The molecule has 9 rings (SSSR count). The molecule has 0 fully saturated rings. The van der Waals surface area contributed by atoms with Gasteiger partial charge in [0, 0.05) is 44.2 Å². The molecule has 0 saturated heterocycles. The first-order chi connectivity index (χ1) is 26.1. The lowest BCUT2D eigenvalue weighted by atomic mass is 10.0. The largest absolute Gasteiger partial charge is 0.309 e. The number of benzene rings is 7. The second kappa shape index (κ2) is 14.6. The molecule has 0 aliphatic rings. The van der Waals surface area contributed by atoms with Gasteiger partial charge in [-0.3, -0.25) is 4.99 Å². The van der Waals surface area contributed by atoms with E-state index in [-0.39, 0.29) is 6.04 Å². The quantitative estimate of drug-likeness (QED) is 0.123. The van der Waals surface area contributed by atoms with Crippen LogP contribution < -0.4 is 0 Å². The van der Waals surface area contributed by atoms with E-state index in [1.54, 1.807) is 0 Å². The van der Waals surface area contributed by atoms with Crippen LogP contribution in [0.15, 0.2) is 186 Å². The van der Waals surface area contributed by atoms with E-state index in [1.807, 2.05) is 19.9 Å². The molecule has 4 nitrogen and oxygen atoms in total. The van der Waals surface area contributed by atoms with Crippen molar-refractivity contribution in [1.82, 2.24) is 9.13 Å². The molecular formula is C49H42N4. The van der Waals surface area contributed by atoms with Crippen molar-refractivity contribution >= 4 is 55.2 Å². The molecule has 1 unspecified atom stereocenters. The van der Waals surface area contributed by atoms with Crippen molar-refractivity contribution in [2.75, 3.05) is 0 Å². The monoisotopic (exact) mass is 686 g/mol. The molecule has 4 heteroatoms. The molecule has 0 amide bonds. The zero-order valence-electron chi connectivity index (χ0n) is 30.6. The Hall–Kier alpha value is -6.52. The number of hydrogen-bond acceptors (Lipinski definition) is 1. The summed E-state index contributed by atoms with van der Waals surface area (Å²) in [7, 11) is 0. The standard InChI is InChI=1S/C47H36N4.C2H6/c1-32(34-16-6-3-7-17-34)48-47(36-27-29-46-42(31-36)40-23-13-15-25-44(40)51(46)38-20-10-5-11-21-38)49-33(2)35-26-28-45-41(30-35)39-22-12-14-24-43(39)50(45)37-18-8-4-9-19-37;1-2/h3-31,33H,1-2H3;1-2H3. The van der Waals surface area contributed by atoms with E-state index in [2.05, 4.69) is 193 Å². The second-order valence-electron chi connectivity index (χ2n) is 13.1. The molecule has 258 valence electrons. The molecule has 53 heavy (non-hydrogen) atoms. The molecule has 0 saturated carbocycles. The van der Waals surface area contributed by atoms with Gasteiger partial charge < -0.3 is 9.13 Å². The van der Waals surface area contributed by atoms with Crippen LogP contribution in [-0.4, -0.2) is 20.7 Å². The number of rotatable bonds is 6. The third-order valence-electron chi connectivity index (χ3n) is 9.92. The number of amidine groups is 1. The molecule has 0 bridgehead atoms. The Morgan fingerprint density at radius 2 is 0.906 bits per heavy atom. The molecule has 0 N–H and O–H groups in total. The molecule has 7 aromatic carbocycles. The Kier molecular flexibility index (Phi) is 9.27. The lowest BCUT2D eigenvalue weighted by molar-refractivity contribution is 0.820. The van der Waals surface area contributed by atoms with E-state index >= 15 is 0 Å². The highest BCUT2D eigenvalue weighted by atomic mass is 15.0. The minimum Gasteiger partial charge on any atom is -0.309 e. The van der Waals surface area contributed by atoms with Gasteiger partial charge in [0.25, 0.3) is 0 Å². The van der Waals surface area contributed by atoms with Gasteiger partial charge in [0.1, 0.15) is 0 Å². The summed E-state index contributed by atoms with van der Waals surface area (Å²) in [6.07, 6.45) is 0.